The van der Waals surface area contributed by atoms with Crippen molar-refractivity contribution in [1.82, 2.24) is 19.6 Å². The number of halogens is 1. The average molecular weight is 1020 g/mol. The molecule has 5 aliphatic rings. The Morgan fingerprint density at radius 1 is 1.03 bits per heavy atom. The lowest BCUT2D eigenvalue weighted by atomic mass is 9.70. The van der Waals surface area contributed by atoms with E-state index in [1.807, 2.05) is 0 Å². The second-order valence-electron chi connectivity index (χ2n) is 21.6. The monoisotopic (exact) mass is 1020 g/mol. The first-order chi connectivity index (χ1) is 34.9. The van der Waals surface area contributed by atoms with Crippen LogP contribution in [0.4, 0.5) is 21.5 Å². The Labute approximate surface area is 425 Å². The molecule has 390 valence electrons. The van der Waals surface area contributed by atoms with Crippen molar-refractivity contribution < 1.29 is 46.6 Å². The number of amides is 1. The molecule has 73 heavy (non-hydrogen) atoms. The summed E-state index contributed by atoms with van der Waals surface area (Å²) in [5, 5.41) is 26.3. The molecule has 4 atom stereocenters. The van der Waals surface area contributed by atoms with Crippen molar-refractivity contribution in [1.29, 1.82) is 0 Å². The van der Waals surface area contributed by atoms with Gasteiger partial charge in [-0.05, 0) is 112 Å². The standard InChI is InChI=1S/C54H66FN7O10S/c1-32(2)37-9-6-7-10-38(37)39-11-8-12-44(39)61-30-54(31-61)19-21-60(22-20-54)35-13-14-40(46(23-35)72-48-26-41-42(55)27-56-50(41)58-52(48)71-28-33(3)69-5)51(63)59-73(67,68)36-24-45(62(65)66)49-47(25-36)70-29-43(57-49)34-15-17-53(4,64)18-16-34/h6-7,9-10,13-14,23-27,32-34,39,43-44,57,64H,8,11-12,15-22,28-31H2,1-5H3,(H,56,58)(H,59,63)/t33-,34-,39-,43+,44-,53-/m0/s1. The van der Waals surface area contributed by atoms with E-state index in [2.05, 4.69) is 67.9 Å². The molecule has 19 heteroatoms. The van der Waals surface area contributed by atoms with Crippen LogP contribution < -0.4 is 29.1 Å². The molecule has 10 rings (SSSR count). The van der Waals surface area contributed by atoms with Crippen molar-refractivity contribution in [3.05, 3.63) is 99.5 Å². The van der Waals surface area contributed by atoms with Gasteiger partial charge in [0.25, 0.3) is 27.5 Å². The Bertz CT molecular complexity index is 2990. The Morgan fingerprint density at radius 3 is 2.51 bits per heavy atom. The molecule has 1 amide bonds. The summed E-state index contributed by atoms with van der Waals surface area (Å²) in [5.41, 5.74) is 2.60. The van der Waals surface area contributed by atoms with Crippen LogP contribution in [0.5, 0.6) is 23.1 Å². The van der Waals surface area contributed by atoms with Crippen molar-refractivity contribution >= 4 is 44.0 Å². The maximum Gasteiger partial charge on any atom is 0.297 e. The van der Waals surface area contributed by atoms with Gasteiger partial charge in [0.05, 0.1) is 38.5 Å². The number of carbonyl (C=O) groups excluding carboxylic acids is 1. The number of pyridine rings is 1. The maximum absolute atomic E-state index is 15.1. The van der Waals surface area contributed by atoms with Gasteiger partial charge in [-0.3, -0.25) is 19.8 Å². The summed E-state index contributed by atoms with van der Waals surface area (Å²) in [6.07, 6.45) is 8.87. The predicted molar refractivity (Wildman–Crippen MR) is 274 cm³/mol. The average Bonchev–Trinajstić information content (AvgIpc) is 4.00. The lowest BCUT2D eigenvalue weighted by molar-refractivity contribution is -0.384. The predicted octanol–water partition coefficient (Wildman–Crippen LogP) is 9.41. The van der Waals surface area contributed by atoms with Gasteiger partial charge in [-0.2, -0.15) is 4.98 Å². The number of carbonyl (C=O) groups is 1. The van der Waals surface area contributed by atoms with Crippen molar-refractivity contribution in [3.8, 4) is 23.1 Å². The molecular formula is C54H66FN7O10S. The number of aromatic amines is 1. The molecule has 4 N–H and O–H groups in total. The number of nitrogens with zero attached hydrogens (tertiary/aromatic N) is 4. The van der Waals surface area contributed by atoms with E-state index in [-0.39, 0.29) is 82.1 Å². The summed E-state index contributed by atoms with van der Waals surface area (Å²) in [7, 11) is -3.25. The van der Waals surface area contributed by atoms with Gasteiger partial charge in [0.1, 0.15) is 30.4 Å². The van der Waals surface area contributed by atoms with Gasteiger partial charge in [0.2, 0.25) is 0 Å². The zero-order valence-corrected chi connectivity index (χ0v) is 42.9. The van der Waals surface area contributed by atoms with Crippen LogP contribution in [0, 0.1) is 27.3 Å². The van der Waals surface area contributed by atoms with Crippen LogP contribution in [0.15, 0.2) is 71.8 Å². The number of nitro groups is 1. The molecule has 3 aromatic carbocycles. The summed E-state index contributed by atoms with van der Waals surface area (Å²) >= 11 is 0. The summed E-state index contributed by atoms with van der Waals surface area (Å²) in [6, 6.07) is 17.5. The minimum Gasteiger partial charge on any atom is -0.489 e. The SMILES string of the molecule is CO[C@@H](C)COc1nc2[nH]cc(F)c2cc1Oc1cc(N2CCC3(CC2)CN([C@H]2CCC[C@H]2c2ccccc2C(C)C)C3)ccc1C(=O)NS(=O)(=O)c1cc2c(c([N+](=O)[O-])c1)N[C@@H]([C@H]1CC[C@](C)(O)CC1)CO2. The second-order valence-corrected chi connectivity index (χ2v) is 23.3. The quantitative estimate of drug-likeness (QED) is 0.0569. The van der Waals surface area contributed by atoms with Gasteiger partial charge in [-0.25, -0.2) is 17.5 Å². The molecule has 17 nitrogen and oxygen atoms in total. The van der Waals surface area contributed by atoms with Crippen molar-refractivity contribution in [3.63, 3.8) is 0 Å². The maximum atomic E-state index is 15.1. The number of nitrogens with one attached hydrogen (secondary N) is 3. The number of methoxy groups -OCH3 is 1. The molecule has 2 saturated heterocycles. The van der Waals surface area contributed by atoms with E-state index in [9.17, 15) is 28.4 Å². The largest absolute Gasteiger partial charge is 0.489 e. The van der Waals surface area contributed by atoms with E-state index in [1.165, 1.54) is 49.6 Å². The highest BCUT2D eigenvalue weighted by Gasteiger charge is 2.49. The van der Waals surface area contributed by atoms with Crippen LogP contribution in [0.1, 0.15) is 119 Å². The van der Waals surface area contributed by atoms with E-state index < -0.39 is 42.9 Å². The summed E-state index contributed by atoms with van der Waals surface area (Å²) in [6.45, 7) is 11.9. The number of likely N-dealkylation sites (tertiary alicyclic amines) is 1. The zero-order valence-electron chi connectivity index (χ0n) is 42.1. The molecule has 1 spiro atoms. The fraction of sp³-hybridized carbons (Fsp3) is 0.519. The number of benzene rings is 3. The number of sulfonamides is 1. The number of aliphatic hydroxyl groups is 1. The van der Waals surface area contributed by atoms with Crippen LogP contribution >= 0.6 is 0 Å². The molecule has 5 aromatic rings. The summed E-state index contributed by atoms with van der Waals surface area (Å²) in [4.78, 5) is 37.8. The summed E-state index contributed by atoms with van der Waals surface area (Å²) < 4.78 is 69.4. The number of hydrogen-bond donors (Lipinski definition) is 4. The number of ether oxygens (including phenoxy) is 4. The number of piperidine rings is 1. The molecule has 5 heterocycles. The molecule has 3 aliphatic heterocycles. The minimum absolute atomic E-state index is 0.0261. The van der Waals surface area contributed by atoms with Gasteiger partial charge in [-0.1, -0.05) is 44.5 Å². The third-order valence-corrected chi connectivity index (χ3v) is 17.6. The van der Waals surface area contributed by atoms with Gasteiger partial charge in [0, 0.05) is 75.5 Å². The summed E-state index contributed by atoms with van der Waals surface area (Å²) in [5.74, 6) is -0.777. The fourth-order valence-corrected chi connectivity index (χ4v) is 12.9. The normalized spacial score (nSPS) is 24.4. The minimum atomic E-state index is -4.78. The van der Waals surface area contributed by atoms with E-state index in [4.69, 9.17) is 18.9 Å². The number of rotatable bonds is 15. The Hall–Kier alpha value is -6.02. The van der Waals surface area contributed by atoms with Crippen LogP contribution in [-0.4, -0.2) is 110 Å². The topological polar surface area (TPSA) is 211 Å². The third-order valence-electron chi connectivity index (χ3n) is 16.3. The van der Waals surface area contributed by atoms with Crippen molar-refractivity contribution in [2.24, 2.45) is 11.3 Å². The lowest BCUT2D eigenvalue weighted by Crippen LogP contribution is -2.63. The van der Waals surface area contributed by atoms with Crippen LogP contribution in [0.2, 0.25) is 0 Å². The lowest BCUT2D eigenvalue weighted by Gasteiger charge is -2.57. The highest BCUT2D eigenvalue weighted by Crippen LogP contribution is 2.50. The first-order valence-corrected chi connectivity index (χ1v) is 27.1. The Balaban J connectivity index is 0.904. The first kappa shape index (κ1) is 50.5. The van der Waals surface area contributed by atoms with E-state index in [0.717, 1.165) is 63.0 Å². The molecule has 0 unspecified atom stereocenters. The fourth-order valence-electron chi connectivity index (χ4n) is 11.9. The van der Waals surface area contributed by atoms with Gasteiger partial charge in [0.15, 0.2) is 17.2 Å². The second kappa shape index (κ2) is 20.0. The van der Waals surface area contributed by atoms with Crippen LogP contribution in [0.3, 0.4) is 0 Å². The molecule has 0 radical (unpaired) electrons. The first-order valence-electron chi connectivity index (χ1n) is 25.6. The van der Waals surface area contributed by atoms with E-state index in [0.29, 0.717) is 43.6 Å². The molecule has 2 saturated carbocycles. The molecular weight excluding hydrogens is 958 g/mol. The third kappa shape index (κ3) is 10.3. The van der Waals surface area contributed by atoms with Gasteiger partial charge >= 0.3 is 0 Å². The number of aromatic nitrogens is 2. The van der Waals surface area contributed by atoms with Crippen molar-refractivity contribution in [2.75, 3.05) is 56.7 Å². The zero-order chi connectivity index (χ0) is 51.4. The number of anilines is 2. The van der Waals surface area contributed by atoms with Gasteiger partial charge in [-0.15, -0.1) is 0 Å². The van der Waals surface area contributed by atoms with E-state index >= 15 is 4.39 Å². The molecule has 4 fully saturated rings. The molecule has 2 aromatic heterocycles. The number of H-pyrrole nitrogens is 1. The molecule has 2 aliphatic carbocycles. The number of nitro benzene ring substituents is 1. The van der Waals surface area contributed by atoms with Gasteiger partial charge < -0.3 is 39.3 Å². The van der Waals surface area contributed by atoms with Crippen molar-refractivity contribution in [2.45, 2.75) is 126 Å². The van der Waals surface area contributed by atoms with E-state index in [1.54, 1.807) is 26.0 Å². The van der Waals surface area contributed by atoms with Crippen LogP contribution in [-0.2, 0) is 14.8 Å². The highest BCUT2D eigenvalue weighted by molar-refractivity contribution is 7.90. The smallest absolute Gasteiger partial charge is 0.297 e. The van der Waals surface area contributed by atoms with Crippen LogP contribution in [0.25, 0.3) is 11.0 Å². The Kier molecular flexibility index (Phi) is 13.8. The Morgan fingerprint density at radius 2 is 1.78 bits per heavy atom. The molecule has 0 bridgehead atoms. The number of fused-ring (bicyclic) bond motifs is 2. The number of hydrogen-bond acceptors (Lipinski definition) is 14. The highest BCUT2D eigenvalue weighted by atomic mass is 32.2.